The van der Waals surface area contributed by atoms with Crippen molar-refractivity contribution < 1.29 is 18.5 Å². The average molecular weight is 397 g/mol. The fraction of sp³-hybridized carbons (Fsp3) is 0.250. The molecule has 0 atom stereocenters. The van der Waals surface area contributed by atoms with Gasteiger partial charge in [-0.2, -0.15) is 4.98 Å². The van der Waals surface area contributed by atoms with Gasteiger partial charge in [-0.1, -0.05) is 5.16 Å². The first-order chi connectivity index (χ1) is 13.6. The second kappa shape index (κ2) is 7.47. The number of ether oxygens (including phenoxy) is 1. The molecule has 0 saturated heterocycles. The van der Waals surface area contributed by atoms with Crippen molar-refractivity contribution >= 4 is 28.2 Å². The van der Waals surface area contributed by atoms with Crippen LogP contribution in [0.1, 0.15) is 26.7 Å². The molecule has 4 rings (SSSR count). The summed E-state index contributed by atoms with van der Waals surface area (Å²) in [4.78, 5) is 17.7. The van der Waals surface area contributed by atoms with E-state index in [4.69, 9.17) is 13.7 Å². The Kier molecular flexibility index (Phi) is 4.87. The third-order valence-electron chi connectivity index (χ3n) is 4.57. The average Bonchev–Trinajstić information content (AvgIpc) is 3.41. The fourth-order valence-electron chi connectivity index (χ4n) is 2.97. The smallest absolute Gasteiger partial charge is 0.316 e. The number of hydrogen-bond acceptors (Lipinski definition) is 7. The molecule has 0 fully saturated rings. The second-order valence-corrected chi connectivity index (χ2v) is 7.37. The summed E-state index contributed by atoms with van der Waals surface area (Å²) in [7, 11) is 1.61. The Hall–Kier alpha value is -3.13. The lowest BCUT2D eigenvalue weighted by Gasteiger charge is -2.01. The van der Waals surface area contributed by atoms with Crippen molar-refractivity contribution in [1.29, 1.82) is 0 Å². The number of rotatable bonds is 6. The summed E-state index contributed by atoms with van der Waals surface area (Å²) in [6, 6.07) is 7.60. The first-order valence-corrected chi connectivity index (χ1v) is 9.67. The van der Waals surface area contributed by atoms with Crippen molar-refractivity contribution in [1.82, 2.24) is 15.5 Å². The van der Waals surface area contributed by atoms with E-state index >= 15 is 0 Å². The highest BCUT2D eigenvalue weighted by Gasteiger charge is 2.21. The molecule has 4 aromatic rings. The third-order valence-corrected chi connectivity index (χ3v) is 5.66. The first-order valence-electron chi connectivity index (χ1n) is 8.79. The molecule has 0 radical (unpaired) electrons. The Balaban J connectivity index is 1.49. The van der Waals surface area contributed by atoms with E-state index in [1.54, 1.807) is 18.4 Å². The van der Waals surface area contributed by atoms with Gasteiger partial charge in [0.2, 0.25) is 5.82 Å². The predicted octanol–water partition coefficient (Wildman–Crippen LogP) is 4.14. The zero-order chi connectivity index (χ0) is 19.7. The number of nitrogens with zero attached hydrogens (tertiary/aromatic N) is 2. The molecule has 3 aromatic heterocycles. The molecule has 0 saturated carbocycles. The van der Waals surface area contributed by atoms with Crippen LogP contribution in [0.15, 0.2) is 38.6 Å². The Bertz CT molecular complexity index is 1140. The van der Waals surface area contributed by atoms with Gasteiger partial charge in [0.25, 0.3) is 0 Å². The van der Waals surface area contributed by atoms with Gasteiger partial charge in [-0.05, 0) is 55.5 Å². The Morgan fingerprint density at radius 3 is 2.89 bits per heavy atom. The zero-order valence-corrected chi connectivity index (χ0v) is 16.6. The van der Waals surface area contributed by atoms with Gasteiger partial charge in [0, 0.05) is 22.4 Å². The molecule has 1 N–H and O–H groups in total. The summed E-state index contributed by atoms with van der Waals surface area (Å²) in [5, 5.41) is 9.66. The van der Waals surface area contributed by atoms with Crippen molar-refractivity contribution in [3.63, 3.8) is 0 Å². The molecule has 1 amide bonds. The molecule has 1 aromatic carbocycles. The van der Waals surface area contributed by atoms with Gasteiger partial charge in [-0.3, -0.25) is 4.79 Å². The van der Waals surface area contributed by atoms with Crippen molar-refractivity contribution in [2.45, 2.75) is 20.3 Å². The Labute approximate surface area is 165 Å². The number of nitrogens with one attached hydrogen (secondary N) is 1. The topological polar surface area (TPSA) is 90.4 Å². The number of hydrogen-bond donors (Lipinski definition) is 1. The van der Waals surface area contributed by atoms with Crippen LogP contribution >= 0.6 is 11.3 Å². The highest BCUT2D eigenvalue weighted by molar-refractivity contribution is 7.10. The molecule has 144 valence electrons. The van der Waals surface area contributed by atoms with Crippen molar-refractivity contribution in [3.8, 4) is 17.3 Å². The minimum Gasteiger partial charge on any atom is -0.497 e. The lowest BCUT2D eigenvalue weighted by Crippen LogP contribution is -2.25. The summed E-state index contributed by atoms with van der Waals surface area (Å²) in [6.07, 6.45) is 0.765. The minimum absolute atomic E-state index is 0.0876. The van der Waals surface area contributed by atoms with Crippen LogP contribution in [0.3, 0.4) is 0 Å². The monoisotopic (exact) mass is 397 g/mol. The van der Waals surface area contributed by atoms with Crippen LogP contribution in [-0.4, -0.2) is 29.7 Å². The summed E-state index contributed by atoms with van der Waals surface area (Å²) in [5.41, 5.74) is 2.78. The van der Waals surface area contributed by atoms with Crippen molar-refractivity contribution in [3.05, 3.63) is 51.5 Å². The fourth-order valence-corrected chi connectivity index (χ4v) is 3.88. The number of amides is 1. The van der Waals surface area contributed by atoms with E-state index in [-0.39, 0.29) is 11.7 Å². The molecule has 28 heavy (non-hydrogen) atoms. The highest BCUT2D eigenvalue weighted by atomic mass is 32.1. The first kappa shape index (κ1) is 18.2. The Morgan fingerprint density at radius 2 is 2.14 bits per heavy atom. The summed E-state index contributed by atoms with van der Waals surface area (Å²) < 4.78 is 16.2. The maximum Gasteiger partial charge on any atom is 0.316 e. The molecule has 7 nitrogen and oxygen atoms in total. The minimum atomic E-state index is -0.400. The van der Waals surface area contributed by atoms with Gasteiger partial charge in [0.1, 0.15) is 11.3 Å². The van der Waals surface area contributed by atoms with Gasteiger partial charge in [0.15, 0.2) is 5.76 Å². The van der Waals surface area contributed by atoms with Crippen LogP contribution in [0.5, 0.6) is 5.75 Å². The number of benzene rings is 1. The number of carbonyl (C=O) groups excluding carboxylic acids is 1. The lowest BCUT2D eigenvalue weighted by atomic mass is 10.1. The highest BCUT2D eigenvalue weighted by Crippen LogP contribution is 2.33. The largest absolute Gasteiger partial charge is 0.497 e. The number of aryl methyl sites for hydroxylation is 2. The second-order valence-electron chi connectivity index (χ2n) is 6.37. The zero-order valence-electron chi connectivity index (χ0n) is 15.7. The summed E-state index contributed by atoms with van der Waals surface area (Å²) in [6.45, 7) is 4.46. The van der Waals surface area contributed by atoms with Crippen LogP contribution in [0.2, 0.25) is 0 Å². The van der Waals surface area contributed by atoms with E-state index in [0.717, 1.165) is 23.1 Å². The van der Waals surface area contributed by atoms with Crippen LogP contribution in [0.25, 0.3) is 22.6 Å². The van der Waals surface area contributed by atoms with E-state index in [0.29, 0.717) is 17.9 Å². The number of thiophene rings is 1. The van der Waals surface area contributed by atoms with Gasteiger partial charge in [0.05, 0.1) is 7.11 Å². The van der Waals surface area contributed by atoms with E-state index in [2.05, 4.69) is 28.4 Å². The molecule has 0 aliphatic carbocycles. The number of carbonyl (C=O) groups is 1. The number of aromatic nitrogens is 2. The summed E-state index contributed by atoms with van der Waals surface area (Å²) in [5.74, 6) is 0.961. The van der Waals surface area contributed by atoms with Gasteiger partial charge in [-0.25, -0.2) is 0 Å². The van der Waals surface area contributed by atoms with Gasteiger partial charge in [-0.15, -0.1) is 11.3 Å². The van der Waals surface area contributed by atoms with E-state index in [9.17, 15) is 4.79 Å². The number of methoxy groups -OCH3 is 1. The molecule has 0 aliphatic rings. The Morgan fingerprint density at radius 1 is 1.29 bits per heavy atom. The predicted molar refractivity (Wildman–Crippen MR) is 106 cm³/mol. The quantitative estimate of drug-likeness (QED) is 0.526. The van der Waals surface area contributed by atoms with Crippen LogP contribution < -0.4 is 10.1 Å². The molecular formula is C20H19N3O4S. The standard InChI is InChI=1S/C20H19N3O4S/c1-11-7-9-28-16(11)6-8-21-19(24)20-22-18(23-27-20)17-12(2)14-10-13(25-3)4-5-15(14)26-17/h4-5,7,9-10H,6,8H2,1-3H3,(H,21,24). The molecule has 0 spiro atoms. The SMILES string of the molecule is COc1ccc2oc(-c3noc(C(=O)NCCc4sccc4C)n3)c(C)c2c1. The van der Waals surface area contributed by atoms with E-state index in [1.807, 2.05) is 30.5 Å². The van der Waals surface area contributed by atoms with Crippen LogP contribution in [0.4, 0.5) is 0 Å². The molecular weight excluding hydrogens is 378 g/mol. The molecule has 0 aliphatic heterocycles. The normalized spacial score (nSPS) is 11.1. The van der Waals surface area contributed by atoms with Gasteiger partial charge >= 0.3 is 11.8 Å². The van der Waals surface area contributed by atoms with Crippen LogP contribution in [-0.2, 0) is 6.42 Å². The van der Waals surface area contributed by atoms with E-state index < -0.39 is 5.91 Å². The molecule has 8 heteroatoms. The maximum absolute atomic E-state index is 12.3. The van der Waals surface area contributed by atoms with Crippen molar-refractivity contribution in [2.24, 2.45) is 0 Å². The molecule has 0 unspecified atom stereocenters. The van der Waals surface area contributed by atoms with Crippen LogP contribution in [0, 0.1) is 13.8 Å². The van der Waals surface area contributed by atoms with Gasteiger partial charge < -0.3 is 19.0 Å². The third kappa shape index (κ3) is 3.38. The maximum atomic E-state index is 12.3. The number of fused-ring (bicyclic) bond motifs is 1. The number of furan rings is 1. The molecule has 0 bridgehead atoms. The molecule has 3 heterocycles. The summed E-state index contributed by atoms with van der Waals surface area (Å²) >= 11 is 1.68. The lowest BCUT2D eigenvalue weighted by molar-refractivity contribution is 0.0910. The van der Waals surface area contributed by atoms with E-state index in [1.165, 1.54) is 10.4 Å². The van der Waals surface area contributed by atoms with Crippen molar-refractivity contribution in [2.75, 3.05) is 13.7 Å².